The van der Waals surface area contributed by atoms with E-state index in [0.717, 1.165) is 18.4 Å². The molecule has 1 N–H and O–H groups in total. The minimum Gasteiger partial charge on any atom is -0.336 e. The molecule has 1 aromatic carbocycles. The van der Waals surface area contributed by atoms with Crippen molar-refractivity contribution in [1.82, 2.24) is 4.57 Å². The van der Waals surface area contributed by atoms with E-state index in [1.54, 1.807) is 22.9 Å². The Kier molecular flexibility index (Phi) is 4.13. The lowest BCUT2D eigenvalue weighted by Crippen LogP contribution is -2.19. The van der Waals surface area contributed by atoms with Gasteiger partial charge < -0.3 is 9.88 Å². The maximum absolute atomic E-state index is 11.9. The van der Waals surface area contributed by atoms with Gasteiger partial charge in [-0.05, 0) is 36.2 Å². The topological polar surface area (TPSA) is 51.1 Å². The highest BCUT2D eigenvalue weighted by atomic mass is 16.2. The number of rotatable bonds is 5. The minimum absolute atomic E-state index is 0.136. The van der Waals surface area contributed by atoms with E-state index in [0.29, 0.717) is 5.69 Å². The maximum Gasteiger partial charge on any atom is 0.244 e. The first kappa shape index (κ1) is 13.1. The van der Waals surface area contributed by atoms with Gasteiger partial charge in [0.05, 0.1) is 5.69 Å². The molecule has 1 amide bonds. The Hall–Kier alpha value is -2.36. The van der Waals surface area contributed by atoms with Gasteiger partial charge in [-0.15, -0.1) is 0 Å². The summed E-state index contributed by atoms with van der Waals surface area (Å²) in [6.45, 7) is 2.22. The third-order valence-corrected chi connectivity index (χ3v) is 2.95. The molecule has 0 spiro atoms. The molecule has 2 rings (SSSR count). The van der Waals surface area contributed by atoms with Crippen molar-refractivity contribution >= 4 is 17.9 Å². The molecule has 0 radical (unpaired) electrons. The Labute approximate surface area is 112 Å². The fraction of sp³-hybridized carbons (Fsp3) is 0.200. The van der Waals surface area contributed by atoms with Crippen LogP contribution in [0.2, 0.25) is 0 Å². The number of aryl methyl sites for hydroxylation is 1. The average molecular weight is 256 g/mol. The quantitative estimate of drug-likeness (QED) is 0.836. The molecular weight excluding hydrogens is 240 g/mol. The molecule has 19 heavy (non-hydrogen) atoms. The van der Waals surface area contributed by atoms with Gasteiger partial charge in [0.2, 0.25) is 5.91 Å². The monoisotopic (exact) mass is 256 g/mol. The molecule has 4 heteroatoms. The second-order valence-electron chi connectivity index (χ2n) is 4.28. The first-order valence-corrected chi connectivity index (χ1v) is 6.22. The third kappa shape index (κ3) is 3.31. The van der Waals surface area contributed by atoms with E-state index in [1.165, 1.54) is 5.56 Å². The molecule has 0 aliphatic carbocycles. The highest BCUT2D eigenvalue weighted by Crippen LogP contribution is 2.10. The highest BCUT2D eigenvalue weighted by molar-refractivity contribution is 5.91. The molecule has 4 nitrogen and oxygen atoms in total. The van der Waals surface area contributed by atoms with Crippen molar-refractivity contribution in [3.63, 3.8) is 0 Å². The summed E-state index contributed by atoms with van der Waals surface area (Å²) in [4.78, 5) is 22.6. The zero-order valence-electron chi connectivity index (χ0n) is 10.8. The zero-order valence-corrected chi connectivity index (χ0v) is 10.8. The fourth-order valence-electron chi connectivity index (χ4n) is 1.86. The smallest absolute Gasteiger partial charge is 0.244 e. The van der Waals surface area contributed by atoms with Gasteiger partial charge in [-0.1, -0.05) is 19.1 Å². The number of hydrogen-bond donors (Lipinski definition) is 1. The van der Waals surface area contributed by atoms with E-state index < -0.39 is 0 Å². The molecule has 98 valence electrons. The van der Waals surface area contributed by atoms with Gasteiger partial charge in [0.25, 0.3) is 0 Å². The Morgan fingerprint density at radius 1 is 1.26 bits per heavy atom. The molecule has 0 aliphatic rings. The Morgan fingerprint density at radius 3 is 2.63 bits per heavy atom. The van der Waals surface area contributed by atoms with Crippen LogP contribution >= 0.6 is 0 Å². The third-order valence-electron chi connectivity index (χ3n) is 2.95. The number of hydrogen-bond acceptors (Lipinski definition) is 2. The predicted octanol–water partition coefficient (Wildman–Crippen LogP) is 2.50. The standard InChI is InChI=1S/C15H16N2O2/c1-2-12-5-7-13(8-6-12)16-15(19)10-17-9-3-4-14(17)11-18/h3-9,11H,2,10H2,1H3,(H,16,19). The van der Waals surface area contributed by atoms with Crippen molar-refractivity contribution in [2.45, 2.75) is 19.9 Å². The Balaban J connectivity index is 1.99. The van der Waals surface area contributed by atoms with E-state index in [-0.39, 0.29) is 12.5 Å². The average Bonchev–Trinajstić information content (AvgIpc) is 2.86. The summed E-state index contributed by atoms with van der Waals surface area (Å²) < 4.78 is 1.61. The molecular formula is C15H16N2O2. The van der Waals surface area contributed by atoms with Crippen LogP contribution in [0.5, 0.6) is 0 Å². The molecule has 0 saturated heterocycles. The Morgan fingerprint density at radius 2 is 2.00 bits per heavy atom. The van der Waals surface area contributed by atoms with Crippen LogP contribution in [0.25, 0.3) is 0 Å². The van der Waals surface area contributed by atoms with E-state index in [1.807, 2.05) is 24.3 Å². The molecule has 0 unspecified atom stereocenters. The molecule has 0 bridgehead atoms. The van der Waals surface area contributed by atoms with Crippen LogP contribution in [0.1, 0.15) is 23.0 Å². The number of aldehydes is 1. The van der Waals surface area contributed by atoms with Gasteiger partial charge in [0.1, 0.15) is 6.54 Å². The molecule has 1 heterocycles. The van der Waals surface area contributed by atoms with Crippen LogP contribution in [-0.2, 0) is 17.8 Å². The normalized spacial score (nSPS) is 10.2. The number of carbonyl (C=O) groups excluding carboxylic acids is 2. The maximum atomic E-state index is 11.9. The summed E-state index contributed by atoms with van der Waals surface area (Å²) in [5.41, 5.74) is 2.49. The lowest BCUT2D eigenvalue weighted by Gasteiger charge is -2.08. The van der Waals surface area contributed by atoms with Crippen LogP contribution in [-0.4, -0.2) is 16.8 Å². The molecule has 0 saturated carbocycles. The van der Waals surface area contributed by atoms with Crippen molar-refractivity contribution in [2.75, 3.05) is 5.32 Å². The summed E-state index contributed by atoms with van der Waals surface area (Å²) in [5, 5.41) is 2.81. The molecule has 2 aromatic rings. The van der Waals surface area contributed by atoms with Crippen LogP contribution in [0.4, 0.5) is 5.69 Å². The second-order valence-corrected chi connectivity index (χ2v) is 4.28. The summed E-state index contributed by atoms with van der Waals surface area (Å²) in [6, 6.07) is 11.2. The SMILES string of the molecule is CCc1ccc(NC(=O)Cn2cccc2C=O)cc1. The number of anilines is 1. The predicted molar refractivity (Wildman–Crippen MR) is 74.3 cm³/mol. The van der Waals surface area contributed by atoms with Gasteiger partial charge in [0, 0.05) is 11.9 Å². The number of benzene rings is 1. The van der Waals surface area contributed by atoms with Gasteiger partial charge in [-0.25, -0.2) is 0 Å². The van der Waals surface area contributed by atoms with Crippen molar-refractivity contribution in [3.05, 3.63) is 53.9 Å². The largest absolute Gasteiger partial charge is 0.336 e. The van der Waals surface area contributed by atoms with Crippen molar-refractivity contribution in [2.24, 2.45) is 0 Å². The number of aromatic nitrogens is 1. The number of nitrogens with zero attached hydrogens (tertiary/aromatic N) is 1. The van der Waals surface area contributed by atoms with E-state index >= 15 is 0 Å². The van der Waals surface area contributed by atoms with Gasteiger partial charge in [0.15, 0.2) is 6.29 Å². The Bertz CT molecular complexity index is 570. The molecule has 1 aromatic heterocycles. The van der Waals surface area contributed by atoms with Crippen LogP contribution < -0.4 is 5.32 Å². The minimum atomic E-state index is -0.149. The summed E-state index contributed by atoms with van der Waals surface area (Å²) in [6.07, 6.45) is 3.42. The van der Waals surface area contributed by atoms with E-state index in [4.69, 9.17) is 0 Å². The van der Waals surface area contributed by atoms with Gasteiger partial charge >= 0.3 is 0 Å². The van der Waals surface area contributed by atoms with E-state index in [2.05, 4.69) is 12.2 Å². The van der Waals surface area contributed by atoms with E-state index in [9.17, 15) is 9.59 Å². The number of carbonyl (C=O) groups is 2. The van der Waals surface area contributed by atoms with Gasteiger partial charge in [-0.2, -0.15) is 0 Å². The number of nitrogens with one attached hydrogen (secondary N) is 1. The lowest BCUT2D eigenvalue weighted by molar-refractivity contribution is -0.116. The lowest BCUT2D eigenvalue weighted by atomic mass is 10.1. The fourth-order valence-corrected chi connectivity index (χ4v) is 1.86. The van der Waals surface area contributed by atoms with Crippen molar-refractivity contribution < 1.29 is 9.59 Å². The first-order valence-electron chi connectivity index (χ1n) is 6.22. The van der Waals surface area contributed by atoms with Crippen LogP contribution in [0.15, 0.2) is 42.6 Å². The van der Waals surface area contributed by atoms with Crippen molar-refractivity contribution in [3.8, 4) is 0 Å². The molecule has 0 aliphatic heterocycles. The summed E-state index contributed by atoms with van der Waals surface area (Å²) in [7, 11) is 0. The van der Waals surface area contributed by atoms with Crippen molar-refractivity contribution in [1.29, 1.82) is 0 Å². The molecule has 0 atom stereocenters. The second kappa shape index (κ2) is 6.00. The van der Waals surface area contributed by atoms with Gasteiger partial charge in [-0.3, -0.25) is 9.59 Å². The summed E-state index contributed by atoms with van der Waals surface area (Å²) in [5.74, 6) is -0.149. The molecule has 0 fully saturated rings. The first-order chi connectivity index (χ1) is 9.22. The highest BCUT2D eigenvalue weighted by Gasteiger charge is 2.06. The zero-order chi connectivity index (χ0) is 13.7. The number of amides is 1. The summed E-state index contributed by atoms with van der Waals surface area (Å²) >= 11 is 0. The van der Waals surface area contributed by atoms with Crippen LogP contribution in [0, 0.1) is 0 Å². The van der Waals surface area contributed by atoms with Crippen LogP contribution in [0.3, 0.4) is 0 Å².